The van der Waals surface area contributed by atoms with Crippen LogP contribution in [0.25, 0.3) is 0 Å². The number of halogens is 1. The van der Waals surface area contributed by atoms with Crippen LogP contribution >= 0.6 is 11.6 Å². The van der Waals surface area contributed by atoms with Crippen molar-refractivity contribution in [3.05, 3.63) is 58.6 Å². The van der Waals surface area contributed by atoms with Crippen LogP contribution in [0.4, 0.5) is 0 Å². The molecular formula is C15H13ClO4. The minimum absolute atomic E-state index is 0.00342. The Labute approximate surface area is 121 Å². The van der Waals surface area contributed by atoms with Crippen LogP contribution in [0.1, 0.15) is 15.9 Å². The lowest BCUT2D eigenvalue weighted by molar-refractivity contribution is 0.0694. The zero-order valence-electron chi connectivity index (χ0n) is 10.5. The van der Waals surface area contributed by atoms with Gasteiger partial charge in [-0.1, -0.05) is 29.8 Å². The van der Waals surface area contributed by atoms with Crippen molar-refractivity contribution in [2.45, 2.75) is 6.42 Å². The molecule has 2 aromatic carbocycles. The standard InChI is InChI=1S/C15H13ClO4/c16-11-5-6-14(12(9-11)15(18)19)20-13-4-2-1-3-10(13)7-8-17/h1-6,9,17H,7-8H2,(H,18,19). The maximum atomic E-state index is 11.2. The monoisotopic (exact) mass is 292 g/mol. The molecule has 2 N–H and O–H groups in total. The van der Waals surface area contributed by atoms with E-state index in [4.69, 9.17) is 26.6 Å². The third-order valence-corrected chi connectivity index (χ3v) is 2.98. The average Bonchev–Trinajstić information content (AvgIpc) is 2.43. The summed E-state index contributed by atoms with van der Waals surface area (Å²) in [5.74, 6) is -0.374. The van der Waals surface area contributed by atoms with Crippen LogP contribution in [0, 0.1) is 0 Å². The minimum Gasteiger partial charge on any atom is -0.478 e. The highest BCUT2D eigenvalue weighted by Crippen LogP contribution is 2.30. The van der Waals surface area contributed by atoms with Crippen LogP contribution in [0.2, 0.25) is 5.02 Å². The Morgan fingerprint density at radius 2 is 1.90 bits per heavy atom. The van der Waals surface area contributed by atoms with Gasteiger partial charge in [0.05, 0.1) is 0 Å². The van der Waals surface area contributed by atoms with E-state index >= 15 is 0 Å². The Morgan fingerprint density at radius 3 is 2.60 bits per heavy atom. The number of rotatable bonds is 5. The highest BCUT2D eigenvalue weighted by atomic mass is 35.5. The smallest absolute Gasteiger partial charge is 0.339 e. The molecule has 5 heteroatoms. The Bertz CT molecular complexity index is 625. The van der Waals surface area contributed by atoms with Crippen LogP contribution in [-0.4, -0.2) is 22.8 Å². The van der Waals surface area contributed by atoms with Crippen molar-refractivity contribution in [2.24, 2.45) is 0 Å². The molecule has 4 nitrogen and oxygen atoms in total. The van der Waals surface area contributed by atoms with Gasteiger partial charge in [-0.2, -0.15) is 0 Å². The fraction of sp³-hybridized carbons (Fsp3) is 0.133. The van der Waals surface area contributed by atoms with E-state index < -0.39 is 5.97 Å². The van der Waals surface area contributed by atoms with Gasteiger partial charge >= 0.3 is 5.97 Å². The number of hydrogen-bond donors (Lipinski definition) is 2. The number of aliphatic hydroxyl groups excluding tert-OH is 1. The molecule has 0 aliphatic carbocycles. The maximum absolute atomic E-state index is 11.2. The predicted molar refractivity (Wildman–Crippen MR) is 75.7 cm³/mol. The molecule has 0 aliphatic heterocycles. The van der Waals surface area contributed by atoms with E-state index in [2.05, 4.69) is 0 Å². The molecule has 0 amide bonds. The van der Waals surface area contributed by atoms with Crippen LogP contribution < -0.4 is 4.74 Å². The third-order valence-electron chi connectivity index (χ3n) is 2.75. The van der Waals surface area contributed by atoms with Gasteiger partial charge in [-0.05, 0) is 36.2 Å². The van der Waals surface area contributed by atoms with Crippen LogP contribution in [0.3, 0.4) is 0 Å². The lowest BCUT2D eigenvalue weighted by Crippen LogP contribution is -2.01. The highest BCUT2D eigenvalue weighted by molar-refractivity contribution is 6.31. The van der Waals surface area contributed by atoms with Crippen LogP contribution in [0.5, 0.6) is 11.5 Å². The number of aliphatic hydroxyl groups is 1. The Hall–Kier alpha value is -2.04. The molecular weight excluding hydrogens is 280 g/mol. The minimum atomic E-state index is -1.11. The summed E-state index contributed by atoms with van der Waals surface area (Å²) >= 11 is 5.79. The van der Waals surface area contributed by atoms with E-state index in [0.29, 0.717) is 17.2 Å². The van der Waals surface area contributed by atoms with Gasteiger partial charge in [0.25, 0.3) is 0 Å². The second-order valence-corrected chi connectivity index (χ2v) is 4.57. The lowest BCUT2D eigenvalue weighted by atomic mass is 10.1. The summed E-state index contributed by atoms with van der Waals surface area (Å²) in [5, 5.41) is 18.5. The molecule has 0 fully saturated rings. The van der Waals surface area contributed by atoms with Gasteiger partial charge in [-0.15, -0.1) is 0 Å². The molecule has 0 saturated carbocycles. The van der Waals surface area contributed by atoms with Gasteiger partial charge < -0.3 is 14.9 Å². The van der Waals surface area contributed by atoms with Crippen molar-refractivity contribution < 1.29 is 19.7 Å². The Morgan fingerprint density at radius 1 is 1.15 bits per heavy atom. The second kappa shape index (κ2) is 6.41. The van der Waals surface area contributed by atoms with E-state index in [-0.39, 0.29) is 17.9 Å². The number of hydrogen-bond acceptors (Lipinski definition) is 3. The number of carbonyl (C=O) groups is 1. The van der Waals surface area contributed by atoms with Crippen LogP contribution in [-0.2, 0) is 6.42 Å². The van der Waals surface area contributed by atoms with Crippen molar-refractivity contribution in [1.82, 2.24) is 0 Å². The quantitative estimate of drug-likeness (QED) is 0.887. The van der Waals surface area contributed by atoms with Crippen molar-refractivity contribution in [1.29, 1.82) is 0 Å². The number of aromatic carboxylic acids is 1. The van der Waals surface area contributed by atoms with Gasteiger partial charge in [0.2, 0.25) is 0 Å². The van der Waals surface area contributed by atoms with Crippen molar-refractivity contribution >= 4 is 17.6 Å². The SMILES string of the molecule is O=C(O)c1cc(Cl)ccc1Oc1ccccc1CCO. The summed E-state index contributed by atoms with van der Waals surface area (Å²) in [4.78, 5) is 11.2. The molecule has 0 aliphatic rings. The zero-order valence-corrected chi connectivity index (χ0v) is 11.3. The Balaban J connectivity index is 2.37. The molecule has 0 spiro atoms. The summed E-state index contributed by atoms with van der Waals surface area (Å²) in [6.45, 7) is -0.00716. The molecule has 0 radical (unpaired) electrons. The molecule has 0 unspecified atom stereocenters. The van der Waals surface area contributed by atoms with E-state index in [9.17, 15) is 4.79 Å². The van der Waals surface area contributed by atoms with Gasteiger partial charge in [-0.25, -0.2) is 4.79 Å². The van der Waals surface area contributed by atoms with Crippen molar-refractivity contribution in [3.8, 4) is 11.5 Å². The first-order chi connectivity index (χ1) is 9.61. The molecule has 20 heavy (non-hydrogen) atoms. The van der Waals surface area contributed by atoms with E-state index in [1.54, 1.807) is 18.2 Å². The molecule has 0 bridgehead atoms. The average molecular weight is 293 g/mol. The number of benzene rings is 2. The van der Waals surface area contributed by atoms with E-state index in [0.717, 1.165) is 5.56 Å². The first-order valence-corrected chi connectivity index (χ1v) is 6.39. The number of carboxylic acids is 1. The van der Waals surface area contributed by atoms with Gasteiger partial charge in [0.1, 0.15) is 17.1 Å². The lowest BCUT2D eigenvalue weighted by Gasteiger charge is -2.12. The normalized spacial score (nSPS) is 10.3. The number of ether oxygens (including phenoxy) is 1. The molecule has 0 aromatic heterocycles. The van der Waals surface area contributed by atoms with Crippen LogP contribution in [0.15, 0.2) is 42.5 Å². The number of carboxylic acid groups (broad SMARTS) is 1. The highest BCUT2D eigenvalue weighted by Gasteiger charge is 2.14. The largest absolute Gasteiger partial charge is 0.478 e. The Kier molecular flexibility index (Phi) is 4.61. The predicted octanol–water partition coefficient (Wildman–Crippen LogP) is 3.37. The summed E-state index contributed by atoms with van der Waals surface area (Å²) in [6, 6.07) is 11.6. The van der Waals surface area contributed by atoms with E-state index in [1.165, 1.54) is 12.1 Å². The molecule has 2 aromatic rings. The molecule has 104 valence electrons. The second-order valence-electron chi connectivity index (χ2n) is 4.13. The molecule has 2 rings (SSSR count). The topological polar surface area (TPSA) is 66.8 Å². The maximum Gasteiger partial charge on any atom is 0.339 e. The van der Waals surface area contributed by atoms with Crippen molar-refractivity contribution in [3.63, 3.8) is 0 Å². The fourth-order valence-electron chi connectivity index (χ4n) is 1.81. The molecule has 0 atom stereocenters. The van der Waals surface area contributed by atoms with Gasteiger partial charge in [-0.3, -0.25) is 0 Å². The van der Waals surface area contributed by atoms with E-state index in [1.807, 2.05) is 12.1 Å². The van der Waals surface area contributed by atoms with Crippen molar-refractivity contribution in [2.75, 3.05) is 6.61 Å². The van der Waals surface area contributed by atoms with Gasteiger partial charge in [0.15, 0.2) is 0 Å². The first-order valence-electron chi connectivity index (χ1n) is 6.01. The summed E-state index contributed by atoms with van der Waals surface area (Å²) < 4.78 is 5.66. The molecule has 0 heterocycles. The first kappa shape index (κ1) is 14.4. The zero-order chi connectivity index (χ0) is 14.5. The summed E-state index contributed by atoms with van der Waals surface area (Å²) in [5.41, 5.74) is 0.803. The fourth-order valence-corrected chi connectivity index (χ4v) is 1.98. The summed E-state index contributed by atoms with van der Waals surface area (Å²) in [6.07, 6.45) is 0.437. The third kappa shape index (κ3) is 3.29. The summed E-state index contributed by atoms with van der Waals surface area (Å²) in [7, 11) is 0. The molecule has 0 saturated heterocycles. The van der Waals surface area contributed by atoms with Gasteiger partial charge in [0, 0.05) is 11.6 Å². The number of para-hydroxylation sites is 1.